The van der Waals surface area contributed by atoms with E-state index in [2.05, 4.69) is 19.2 Å². The van der Waals surface area contributed by atoms with Crippen molar-refractivity contribution < 1.29 is 14.6 Å². The fourth-order valence-electron chi connectivity index (χ4n) is 2.47. The van der Waals surface area contributed by atoms with Crippen molar-refractivity contribution in [1.82, 2.24) is 5.32 Å². The first-order chi connectivity index (χ1) is 7.57. The Morgan fingerprint density at radius 2 is 1.94 bits per heavy atom. The molecule has 1 amide bonds. The highest BCUT2D eigenvalue weighted by molar-refractivity contribution is 5.68. The zero-order valence-corrected chi connectivity index (χ0v) is 11.5. The molecule has 0 aromatic heterocycles. The molecule has 0 bridgehead atoms. The minimum Gasteiger partial charge on any atom is -0.444 e. The molecule has 4 nitrogen and oxygen atoms in total. The molecule has 1 aliphatic carbocycles. The normalized spacial score (nSPS) is 28.6. The van der Waals surface area contributed by atoms with Crippen molar-refractivity contribution in [2.75, 3.05) is 0 Å². The zero-order chi connectivity index (χ0) is 13.3. The fourth-order valence-corrected chi connectivity index (χ4v) is 2.47. The van der Waals surface area contributed by atoms with Crippen molar-refractivity contribution >= 4 is 6.09 Å². The van der Waals surface area contributed by atoms with E-state index in [1.807, 2.05) is 20.8 Å². The Balaban J connectivity index is 2.49. The van der Waals surface area contributed by atoms with Crippen molar-refractivity contribution in [3.63, 3.8) is 0 Å². The fraction of sp³-hybridized carbons (Fsp3) is 0.923. The number of hydrogen-bond donors (Lipinski definition) is 2. The standard InChI is InChI=1S/C13H25NO3/c1-12(2,3)17-11(16)14-9-6-10(15)8-13(4,5)7-9/h9-10,15H,6-8H2,1-5H3,(H,14,16). The SMILES string of the molecule is CC1(C)CC(O)CC(NC(=O)OC(C)(C)C)C1. The summed E-state index contributed by atoms with van der Waals surface area (Å²) in [6.07, 6.45) is 1.55. The molecule has 0 aromatic carbocycles. The van der Waals surface area contributed by atoms with Gasteiger partial charge in [-0.1, -0.05) is 13.8 Å². The summed E-state index contributed by atoms with van der Waals surface area (Å²) in [6, 6.07) is 0.00333. The van der Waals surface area contributed by atoms with E-state index in [1.54, 1.807) is 0 Å². The Morgan fingerprint density at radius 3 is 2.41 bits per heavy atom. The van der Waals surface area contributed by atoms with E-state index in [4.69, 9.17) is 4.74 Å². The van der Waals surface area contributed by atoms with Gasteiger partial charge in [0.1, 0.15) is 5.60 Å². The highest BCUT2D eigenvalue weighted by atomic mass is 16.6. The maximum absolute atomic E-state index is 11.6. The summed E-state index contributed by atoms with van der Waals surface area (Å²) in [4.78, 5) is 11.6. The second-order valence-electron chi connectivity index (χ2n) is 6.81. The minimum absolute atomic E-state index is 0.00333. The molecule has 1 fully saturated rings. The molecule has 1 saturated carbocycles. The summed E-state index contributed by atoms with van der Waals surface area (Å²) in [7, 11) is 0. The molecule has 0 aromatic rings. The lowest BCUT2D eigenvalue weighted by Crippen LogP contribution is -2.46. The van der Waals surface area contributed by atoms with Crippen molar-refractivity contribution in [3.8, 4) is 0 Å². The quantitative estimate of drug-likeness (QED) is 0.743. The molecular weight excluding hydrogens is 218 g/mol. The molecule has 4 heteroatoms. The van der Waals surface area contributed by atoms with Crippen LogP contribution < -0.4 is 5.32 Å². The average Bonchev–Trinajstić information content (AvgIpc) is 1.93. The number of hydrogen-bond acceptors (Lipinski definition) is 3. The first-order valence-electron chi connectivity index (χ1n) is 6.25. The molecule has 0 spiro atoms. The lowest BCUT2D eigenvalue weighted by Gasteiger charge is -2.38. The molecule has 2 N–H and O–H groups in total. The van der Waals surface area contributed by atoms with Crippen LogP contribution in [0.5, 0.6) is 0 Å². The third-order valence-corrected chi connectivity index (χ3v) is 2.86. The van der Waals surface area contributed by atoms with Gasteiger partial charge in [0.15, 0.2) is 0 Å². The van der Waals surface area contributed by atoms with Gasteiger partial charge >= 0.3 is 6.09 Å². The van der Waals surface area contributed by atoms with Gasteiger partial charge in [-0.3, -0.25) is 0 Å². The molecule has 0 radical (unpaired) electrons. The van der Waals surface area contributed by atoms with Gasteiger partial charge in [-0.05, 0) is 45.4 Å². The third-order valence-electron chi connectivity index (χ3n) is 2.86. The van der Waals surface area contributed by atoms with Crippen LogP contribution in [0, 0.1) is 5.41 Å². The molecule has 2 unspecified atom stereocenters. The number of carbonyl (C=O) groups is 1. The first kappa shape index (κ1) is 14.3. The first-order valence-corrected chi connectivity index (χ1v) is 6.25. The van der Waals surface area contributed by atoms with Crippen molar-refractivity contribution in [3.05, 3.63) is 0 Å². The predicted molar refractivity (Wildman–Crippen MR) is 66.8 cm³/mol. The van der Waals surface area contributed by atoms with Crippen LogP contribution in [0.1, 0.15) is 53.9 Å². The lowest BCUT2D eigenvalue weighted by molar-refractivity contribution is 0.0285. The summed E-state index contributed by atoms with van der Waals surface area (Å²) in [5, 5.41) is 12.6. The van der Waals surface area contributed by atoms with E-state index in [0.717, 1.165) is 12.8 Å². The van der Waals surface area contributed by atoms with Crippen molar-refractivity contribution in [2.45, 2.75) is 71.6 Å². The molecule has 1 aliphatic rings. The van der Waals surface area contributed by atoms with Gasteiger partial charge in [0.2, 0.25) is 0 Å². The number of aliphatic hydroxyl groups excluding tert-OH is 1. The summed E-state index contributed by atoms with van der Waals surface area (Å²) in [5.41, 5.74) is -0.412. The number of amides is 1. The Morgan fingerprint density at radius 1 is 1.35 bits per heavy atom. The van der Waals surface area contributed by atoms with Crippen LogP contribution in [0.2, 0.25) is 0 Å². The topological polar surface area (TPSA) is 58.6 Å². The Bertz CT molecular complexity index is 281. The molecule has 2 atom stereocenters. The van der Waals surface area contributed by atoms with Crippen LogP contribution >= 0.6 is 0 Å². The highest BCUT2D eigenvalue weighted by Crippen LogP contribution is 2.35. The molecular formula is C13H25NO3. The lowest BCUT2D eigenvalue weighted by atomic mass is 9.74. The van der Waals surface area contributed by atoms with Gasteiger partial charge in [-0.2, -0.15) is 0 Å². The number of rotatable bonds is 1. The summed E-state index contributed by atoms with van der Waals surface area (Å²) in [5.74, 6) is 0. The average molecular weight is 243 g/mol. The van der Waals surface area contributed by atoms with Crippen LogP contribution in [0.15, 0.2) is 0 Å². The second kappa shape index (κ2) is 4.84. The molecule has 17 heavy (non-hydrogen) atoms. The Labute approximate surface area is 104 Å². The van der Waals surface area contributed by atoms with Crippen molar-refractivity contribution in [2.24, 2.45) is 5.41 Å². The molecule has 0 saturated heterocycles. The monoisotopic (exact) mass is 243 g/mol. The Hall–Kier alpha value is -0.770. The number of carbonyl (C=O) groups excluding carboxylic acids is 1. The molecule has 100 valence electrons. The van der Waals surface area contributed by atoms with Crippen LogP contribution in [-0.4, -0.2) is 28.9 Å². The van der Waals surface area contributed by atoms with Gasteiger partial charge in [0, 0.05) is 6.04 Å². The van der Waals surface area contributed by atoms with Gasteiger partial charge < -0.3 is 15.2 Å². The smallest absolute Gasteiger partial charge is 0.407 e. The van der Waals surface area contributed by atoms with E-state index in [-0.39, 0.29) is 17.6 Å². The highest BCUT2D eigenvalue weighted by Gasteiger charge is 2.34. The second-order valence-corrected chi connectivity index (χ2v) is 6.81. The van der Waals surface area contributed by atoms with Crippen LogP contribution in [0.3, 0.4) is 0 Å². The number of ether oxygens (including phenoxy) is 1. The summed E-state index contributed by atoms with van der Waals surface area (Å²) >= 11 is 0. The Kier molecular flexibility index (Phi) is 4.07. The number of nitrogens with one attached hydrogen (secondary N) is 1. The van der Waals surface area contributed by atoms with Gasteiger partial charge in [-0.25, -0.2) is 4.79 Å². The third kappa shape index (κ3) is 5.39. The zero-order valence-electron chi connectivity index (χ0n) is 11.5. The van der Waals surface area contributed by atoms with E-state index in [0.29, 0.717) is 6.42 Å². The predicted octanol–water partition coefficient (Wildman–Crippen LogP) is 2.45. The maximum atomic E-state index is 11.6. The van der Waals surface area contributed by atoms with Gasteiger partial charge in [-0.15, -0.1) is 0 Å². The minimum atomic E-state index is -0.479. The van der Waals surface area contributed by atoms with Crippen LogP contribution in [-0.2, 0) is 4.74 Å². The van der Waals surface area contributed by atoms with Crippen LogP contribution in [0.4, 0.5) is 4.79 Å². The van der Waals surface area contributed by atoms with Crippen molar-refractivity contribution in [1.29, 1.82) is 0 Å². The van der Waals surface area contributed by atoms with Gasteiger partial charge in [0.05, 0.1) is 6.10 Å². The van der Waals surface area contributed by atoms with E-state index in [9.17, 15) is 9.90 Å². The molecule has 1 rings (SSSR count). The maximum Gasteiger partial charge on any atom is 0.407 e. The van der Waals surface area contributed by atoms with Gasteiger partial charge in [0.25, 0.3) is 0 Å². The van der Waals surface area contributed by atoms with E-state index in [1.165, 1.54) is 0 Å². The largest absolute Gasteiger partial charge is 0.444 e. The van der Waals surface area contributed by atoms with E-state index < -0.39 is 11.7 Å². The number of aliphatic hydroxyl groups is 1. The number of alkyl carbamates (subject to hydrolysis) is 1. The summed E-state index contributed by atoms with van der Waals surface area (Å²) < 4.78 is 5.21. The van der Waals surface area contributed by atoms with Crippen LogP contribution in [0.25, 0.3) is 0 Å². The molecule has 0 aliphatic heterocycles. The summed E-state index contributed by atoms with van der Waals surface area (Å²) in [6.45, 7) is 9.74. The van der Waals surface area contributed by atoms with E-state index >= 15 is 0 Å². The molecule has 0 heterocycles.